The first-order valence-corrected chi connectivity index (χ1v) is 8.65. The van der Waals surface area contributed by atoms with Gasteiger partial charge >= 0.3 is 0 Å². The highest BCUT2D eigenvalue weighted by Gasteiger charge is 2.21. The summed E-state index contributed by atoms with van der Waals surface area (Å²) in [4.78, 5) is 6.56. The number of hydrogen-bond acceptors (Lipinski definition) is 5. The number of aliphatic hydroxyl groups is 1. The van der Waals surface area contributed by atoms with Crippen molar-refractivity contribution in [1.82, 2.24) is 14.8 Å². The molecule has 3 heterocycles. The van der Waals surface area contributed by atoms with Crippen LogP contribution in [0.1, 0.15) is 35.0 Å². The molecule has 1 aromatic carbocycles. The second-order valence-corrected chi connectivity index (χ2v) is 6.39. The van der Waals surface area contributed by atoms with Crippen LogP contribution in [0.4, 0.5) is 5.82 Å². The lowest BCUT2D eigenvalue weighted by atomic mass is 10.1. The topological polar surface area (TPSA) is 78.0 Å². The van der Waals surface area contributed by atoms with E-state index in [0.29, 0.717) is 17.8 Å². The van der Waals surface area contributed by atoms with Crippen LogP contribution in [0.3, 0.4) is 0 Å². The third-order valence-corrected chi connectivity index (χ3v) is 4.63. The van der Waals surface area contributed by atoms with E-state index >= 15 is 0 Å². The maximum atomic E-state index is 10.6. The van der Waals surface area contributed by atoms with Crippen molar-refractivity contribution < 1.29 is 5.11 Å². The molecular formula is C20H19N5O. The van der Waals surface area contributed by atoms with Gasteiger partial charge in [-0.15, -0.1) is 0 Å². The SMILES string of the molecule is N#Cc1ccnc(N2CCCn3nc([C@@H](O)c4ccccc4)cc3C2)c1. The first-order valence-electron chi connectivity index (χ1n) is 8.65. The molecule has 0 fully saturated rings. The first-order chi connectivity index (χ1) is 12.7. The molecule has 1 aliphatic heterocycles. The normalized spacial score (nSPS) is 15.0. The van der Waals surface area contributed by atoms with Crippen LogP contribution >= 0.6 is 0 Å². The fraction of sp³-hybridized carbons (Fsp3) is 0.250. The molecule has 4 rings (SSSR count). The summed E-state index contributed by atoms with van der Waals surface area (Å²) in [6.07, 6.45) is 1.86. The van der Waals surface area contributed by atoms with Crippen molar-refractivity contribution in [3.8, 4) is 6.07 Å². The van der Waals surface area contributed by atoms with Gasteiger partial charge in [0, 0.05) is 19.3 Å². The first kappa shape index (κ1) is 16.3. The third-order valence-electron chi connectivity index (χ3n) is 4.63. The third kappa shape index (κ3) is 3.17. The van der Waals surface area contributed by atoms with E-state index in [-0.39, 0.29) is 0 Å². The Bertz CT molecular complexity index is 944. The molecule has 0 spiro atoms. The summed E-state index contributed by atoms with van der Waals surface area (Å²) < 4.78 is 1.97. The standard InChI is InChI=1S/C20H19N5O/c21-13-15-7-8-22-19(11-15)24-9-4-10-25-17(14-24)12-18(23-25)20(26)16-5-2-1-3-6-16/h1-3,5-8,11-12,20,26H,4,9-10,14H2/t20-/m0/s1. The minimum Gasteiger partial charge on any atom is -0.382 e. The molecule has 26 heavy (non-hydrogen) atoms. The molecule has 6 heteroatoms. The van der Waals surface area contributed by atoms with Crippen molar-refractivity contribution in [2.24, 2.45) is 0 Å². The summed E-state index contributed by atoms with van der Waals surface area (Å²) in [6, 6.07) is 17.2. The van der Waals surface area contributed by atoms with Crippen LogP contribution in [0.5, 0.6) is 0 Å². The van der Waals surface area contributed by atoms with Crippen LogP contribution in [0.25, 0.3) is 0 Å². The molecule has 0 radical (unpaired) electrons. The molecular weight excluding hydrogens is 326 g/mol. The zero-order chi connectivity index (χ0) is 17.9. The average molecular weight is 345 g/mol. The summed E-state index contributed by atoms with van der Waals surface area (Å²) in [5, 5.41) is 24.3. The number of hydrogen-bond donors (Lipinski definition) is 1. The second-order valence-electron chi connectivity index (χ2n) is 6.39. The van der Waals surface area contributed by atoms with Crippen molar-refractivity contribution in [3.05, 3.63) is 77.2 Å². The van der Waals surface area contributed by atoms with E-state index in [9.17, 15) is 5.11 Å². The largest absolute Gasteiger partial charge is 0.382 e. The number of aromatic nitrogens is 3. The average Bonchev–Trinajstić information content (AvgIpc) is 2.99. The predicted molar refractivity (Wildman–Crippen MR) is 97.3 cm³/mol. The van der Waals surface area contributed by atoms with Gasteiger partial charge in [0.25, 0.3) is 0 Å². The van der Waals surface area contributed by atoms with E-state index < -0.39 is 6.10 Å². The maximum Gasteiger partial charge on any atom is 0.130 e. The Morgan fingerprint density at radius 1 is 1.12 bits per heavy atom. The molecule has 0 amide bonds. The predicted octanol–water partition coefficient (Wildman–Crippen LogP) is 2.64. The van der Waals surface area contributed by atoms with Gasteiger partial charge in [-0.2, -0.15) is 10.4 Å². The molecule has 3 aromatic rings. The van der Waals surface area contributed by atoms with Crippen LogP contribution < -0.4 is 4.90 Å². The Labute approximate surface area is 152 Å². The molecule has 6 nitrogen and oxygen atoms in total. The van der Waals surface area contributed by atoms with E-state index in [1.807, 2.05) is 47.1 Å². The number of pyridine rings is 1. The van der Waals surface area contributed by atoms with Crippen LogP contribution in [0.15, 0.2) is 54.7 Å². The fourth-order valence-corrected chi connectivity index (χ4v) is 3.28. The van der Waals surface area contributed by atoms with Crippen molar-refractivity contribution in [2.45, 2.75) is 25.6 Å². The number of fused-ring (bicyclic) bond motifs is 1. The highest BCUT2D eigenvalue weighted by Crippen LogP contribution is 2.25. The van der Waals surface area contributed by atoms with Crippen molar-refractivity contribution >= 4 is 5.82 Å². The van der Waals surface area contributed by atoms with Crippen LogP contribution in [-0.2, 0) is 13.1 Å². The zero-order valence-corrected chi connectivity index (χ0v) is 14.3. The van der Waals surface area contributed by atoms with Crippen molar-refractivity contribution in [2.75, 3.05) is 11.4 Å². The molecule has 130 valence electrons. The number of rotatable bonds is 3. The van der Waals surface area contributed by atoms with E-state index in [2.05, 4.69) is 21.1 Å². The van der Waals surface area contributed by atoms with Gasteiger partial charge in [0.1, 0.15) is 11.9 Å². The minimum absolute atomic E-state index is 0.605. The molecule has 2 aromatic heterocycles. The number of nitriles is 1. The molecule has 0 aliphatic carbocycles. The summed E-state index contributed by atoms with van der Waals surface area (Å²) >= 11 is 0. The minimum atomic E-state index is -0.732. The van der Waals surface area contributed by atoms with E-state index in [1.165, 1.54) is 0 Å². The Balaban J connectivity index is 1.61. The highest BCUT2D eigenvalue weighted by atomic mass is 16.3. The number of benzene rings is 1. The summed E-state index contributed by atoms with van der Waals surface area (Å²) in [5.74, 6) is 0.795. The number of aliphatic hydroxyl groups excluding tert-OH is 1. The zero-order valence-electron chi connectivity index (χ0n) is 14.3. The molecule has 1 aliphatic rings. The van der Waals surface area contributed by atoms with Gasteiger partial charge in [0.15, 0.2) is 0 Å². The van der Waals surface area contributed by atoms with Gasteiger partial charge < -0.3 is 10.0 Å². The van der Waals surface area contributed by atoms with Gasteiger partial charge in [-0.3, -0.25) is 4.68 Å². The highest BCUT2D eigenvalue weighted by molar-refractivity contribution is 5.45. The Morgan fingerprint density at radius 3 is 2.77 bits per heavy atom. The van der Waals surface area contributed by atoms with Gasteiger partial charge in [-0.25, -0.2) is 4.98 Å². The number of nitrogens with zero attached hydrogens (tertiary/aromatic N) is 5. The molecule has 0 saturated heterocycles. The number of aryl methyl sites for hydroxylation is 1. The molecule has 0 bridgehead atoms. The molecule has 0 saturated carbocycles. The summed E-state index contributed by atoms with van der Waals surface area (Å²) in [6.45, 7) is 2.30. The number of anilines is 1. The van der Waals surface area contributed by atoms with Crippen molar-refractivity contribution in [1.29, 1.82) is 5.26 Å². The molecule has 0 unspecified atom stereocenters. The van der Waals surface area contributed by atoms with Gasteiger partial charge in [-0.05, 0) is 30.2 Å². The molecule has 1 N–H and O–H groups in total. The van der Waals surface area contributed by atoms with E-state index in [1.54, 1.807) is 12.3 Å². The Kier molecular flexibility index (Phi) is 4.38. The van der Waals surface area contributed by atoms with Crippen LogP contribution in [0, 0.1) is 11.3 Å². The molecule has 1 atom stereocenters. The fourth-order valence-electron chi connectivity index (χ4n) is 3.28. The van der Waals surface area contributed by atoms with E-state index in [0.717, 1.165) is 36.6 Å². The van der Waals surface area contributed by atoms with Crippen LogP contribution in [0.2, 0.25) is 0 Å². The lowest BCUT2D eigenvalue weighted by Crippen LogP contribution is -2.23. The second kappa shape index (κ2) is 6.98. The van der Waals surface area contributed by atoms with Crippen LogP contribution in [-0.4, -0.2) is 26.4 Å². The van der Waals surface area contributed by atoms with Gasteiger partial charge in [0.2, 0.25) is 0 Å². The van der Waals surface area contributed by atoms with Gasteiger partial charge in [-0.1, -0.05) is 30.3 Å². The Morgan fingerprint density at radius 2 is 1.96 bits per heavy atom. The lowest BCUT2D eigenvalue weighted by Gasteiger charge is -2.21. The quantitative estimate of drug-likeness (QED) is 0.789. The monoisotopic (exact) mass is 345 g/mol. The van der Waals surface area contributed by atoms with Crippen molar-refractivity contribution in [3.63, 3.8) is 0 Å². The maximum absolute atomic E-state index is 10.6. The van der Waals surface area contributed by atoms with Gasteiger partial charge in [0.05, 0.1) is 29.6 Å². The smallest absolute Gasteiger partial charge is 0.130 e. The Hall–Kier alpha value is -3.17. The lowest BCUT2D eigenvalue weighted by molar-refractivity contribution is 0.214. The summed E-state index contributed by atoms with van der Waals surface area (Å²) in [5.41, 5.74) is 3.14. The summed E-state index contributed by atoms with van der Waals surface area (Å²) in [7, 11) is 0. The van der Waals surface area contributed by atoms with E-state index in [4.69, 9.17) is 5.26 Å².